The molecule has 8 heteroatoms. The molecule has 0 spiro atoms. The van der Waals surface area contributed by atoms with E-state index >= 15 is 0 Å². The molecular weight excluding hydrogens is 373 g/mol. The van der Waals surface area contributed by atoms with E-state index in [1.165, 1.54) is 17.6 Å². The van der Waals surface area contributed by atoms with Gasteiger partial charge in [0.1, 0.15) is 10.8 Å². The molecule has 0 bridgehead atoms. The maximum atomic E-state index is 11.1. The predicted molar refractivity (Wildman–Crippen MR) is 74.7 cm³/mol. The zero-order valence-electron chi connectivity index (χ0n) is 9.00. The van der Waals surface area contributed by atoms with Crippen LogP contribution in [-0.2, 0) is 22.1 Å². The molecule has 2 aromatic rings. The van der Waals surface area contributed by atoms with Gasteiger partial charge in [0.25, 0.3) is 0 Å². The van der Waals surface area contributed by atoms with Gasteiger partial charge in [0, 0.05) is 17.8 Å². The van der Waals surface area contributed by atoms with Gasteiger partial charge in [0.05, 0.1) is 22.0 Å². The summed E-state index contributed by atoms with van der Waals surface area (Å²) in [6, 6.07) is 0. The number of rotatable bonds is 4. The summed E-state index contributed by atoms with van der Waals surface area (Å²) in [5.41, 5.74) is 0.841. The zero-order chi connectivity index (χ0) is 12.5. The Kier molecular flexibility index (Phi) is 3.83. The van der Waals surface area contributed by atoms with Gasteiger partial charge in [0.15, 0.2) is 9.84 Å². The molecule has 0 aliphatic rings. The Balaban J connectivity index is 2.08. The number of hydrogen-bond acceptors (Lipinski definition) is 5. The molecule has 0 fully saturated rings. The summed E-state index contributed by atoms with van der Waals surface area (Å²) in [6.45, 7) is 0.573. The van der Waals surface area contributed by atoms with Gasteiger partial charge in [-0.3, -0.25) is 4.68 Å². The first-order chi connectivity index (χ1) is 7.92. The summed E-state index contributed by atoms with van der Waals surface area (Å²) in [6.07, 6.45) is 4.89. The van der Waals surface area contributed by atoms with E-state index in [9.17, 15) is 8.42 Å². The summed E-state index contributed by atoms with van der Waals surface area (Å²) in [4.78, 5) is 4.28. The Morgan fingerprint density at radius 3 is 2.88 bits per heavy atom. The Bertz CT molecular complexity index is 618. The summed E-state index contributed by atoms with van der Waals surface area (Å²) < 4.78 is 25.1. The van der Waals surface area contributed by atoms with Crippen LogP contribution in [0.5, 0.6) is 0 Å². The highest BCUT2D eigenvalue weighted by molar-refractivity contribution is 14.1. The fourth-order valence-corrected chi connectivity index (χ4v) is 3.75. The highest BCUT2D eigenvalue weighted by Crippen LogP contribution is 2.14. The van der Waals surface area contributed by atoms with E-state index in [4.69, 9.17) is 0 Å². The molecule has 2 aromatic heterocycles. The van der Waals surface area contributed by atoms with Gasteiger partial charge in [-0.15, -0.1) is 11.3 Å². The van der Waals surface area contributed by atoms with Gasteiger partial charge in [-0.05, 0) is 22.6 Å². The van der Waals surface area contributed by atoms with Crippen molar-refractivity contribution >= 4 is 43.8 Å². The van der Waals surface area contributed by atoms with Gasteiger partial charge >= 0.3 is 0 Å². The largest absolute Gasteiger partial charge is 0.266 e. The molecular formula is C9H10IN3O2S2. The average Bonchev–Trinajstić information content (AvgIpc) is 2.74. The lowest BCUT2D eigenvalue weighted by atomic mass is 10.5. The molecule has 0 aromatic carbocycles. The lowest BCUT2D eigenvalue weighted by Gasteiger charge is -1.96. The molecule has 17 heavy (non-hydrogen) atoms. The predicted octanol–water partition coefficient (Wildman–Crippen LogP) is 1.54. The summed E-state index contributed by atoms with van der Waals surface area (Å²) in [5.74, 6) is 0.00824. The minimum Gasteiger partial charge on any atom is -0.266 e. The van der Waals surface area contributed by atoms with E-state index in [1.807, 2.05) is 11.6 Å². The number of thiazole rings is 1. The van der Waals surface area contributed by atoms with Crippen LogP contribution in [0.1, 0.15) is 10.7 Å². The molecule has 0 N–H and O–H groups in total. The summed E-state index contributed by atoms with van der Waals surface area (Å²) in [5, 5.41) is 6.65. The molecule has 2 heterocycles. The van der Waals surface area contributed by atoms with Crippen LogP contribution >= 0.6 is 33.9 Å². The molecule has 0 saturated heterocycles. The van der Waals surface area contributed by atoms with E-state index in [-0.39, 0.29) is 5.75 Å². The number of aromatic nitrogens is 3. The average molecular weight is 383 g/mol. The first-order valence-electron chi connectivity index (χ1n) is 4.71. The standard InChI is InChI=1S/C9H10IN3O2S2/c1-17(14,15)6-9-12-8(5-16-9)4-13-3-7(10)2-11-13/h2-3,5H,4,6H2,1H3. The second-order valence-electron chi connectivity index (χ2n) is 3.66. The molecule has 0 radical (unpaired) electrons. The van der Waals surface area contributed by atoms with E-state index in [0.29, 0.717) is 11.6 Å². The van der Waals surface area contributed by atoms with Crippen LogP contribution < -0.4 is 0 Å². The van der Waals surface area contributed by atoms with Crippen molar-refractivity contribution in [2.45, 2.75) is 12.3 Å². The SMILES string of the molecule is CS(=O)(=O)Cc1nc(Cn2cc(I)cn2)cs1. The van der Waals surface area contributed by atoms with Gasteiger partial charge in [-0.2, -0.15) is 5.10 Å². The molecule has 2 rings (SSSR count). The fourth-order valence-electron chi connectivity index (χ4n) is 1.30. The van der Waals surface area contributed by atoms with E-state index < -0.39 is 9.84 Å². The zero-order valence-corrected chi connectivity index (χ0v) is 12.8. The Morgan fingerprint density at radius 1 is 1.53 bits per heavy atom. The van der Waals surface area contributed by atoms with Gasteiger partial charge in [-0.25, -0.2) is 13.4 Å². The maximum absolute atomic E-state index is 11.1. The van der Waals surface area contributed by atoms with Crippen LogP contribution in [-0.4, -0.2) is 29.4 Å². The van der Waals surface area contributed by atoms with E-state index in [0.717, 1.165) is 9.26 Å². The van der Waals surface area contributed by atoms with Crippen LogP contribution in [0.4, 0.5) is 0 Å². The normalized spacial score (nSPS) is 11.9. The van der Waals surface area contributed by atoms with Crippen LogP contribution in [0.3, 0.4) is 0 Å². The first-order valence-corrected chi connectivity index (χ1v) is 8.73. The lowest BCUT2D eigenvalue weighted by Crippen LogP contribution is -2.02. The highest BCUT2D eigenvalue weighted by atomic mass is 127. The smallest absolute Gasteiger partial charge is 0.153 e. The molecule has 0 atom stereocenters. The highest BCUT2D eigenvalue weighted by Gasteiger charge is 2.09. The van der Waals surface area contributed by atoms with Crippen LogP contribution in [0.25, 0.3) is 0 Å². The van der Waals surface area contributed by atoms with Crippen LogP contribution in [0.2, 0.25) is 0 Å². The lowest BCUT2D eigenvalue weighted by molar-refractivity contribution is 0.601. The van der Waals surface area contributed by atoms with Crippen molar-refractivity contribution < 1.29 is 8.42 Å². The molecule has 0 aliphatic heterocycles. The minimum atomic E-state index is -3.01. The molecule has 0 aliphatic carbocycles. The van der Waals surface area contributed by atoms with Crippen molar-refractivity contribution in [1.82, 2.24) is 14.8 Å². The third kappa shape index (κ3) is 4.03. The number of sulfone groups is 1. The Hall–Kier alpha value is -0.480. The molecule has 92 valence electrons. The minimum absolute atomic E-state index is 0.00824. The quantitative estimate of drug-likeness (QED) is 0.752. The topological polar surface area (TPSA) is 64.8 Å². The molecule has 0 saturated carbocycles. The maximum Gasteiger partial charge on any atom is 0.153 e. The van der Waals surface area contributed by atoms with Gasteiger partial charge in [0.2, 0.25) is 0 Å². The monoisotopic (exact) mass is 383 g/mol. The Morgan fingerprint density at radius 2 is 2.29 bits per heavy atom. The van der Waals surface area contributed by atoms with Crippen LogP contribution in [0, 0.1) is 3.57 Å². The second kappa shape index (κ2) is 5.02. The van der Waals surface area contributed by atoms with Crippen LogP contribution in [0.15, 0.2) is 17.8 Å². The number of nitrogens with zero attached hydrogens (tertiary/aromatic N) is 3. The number of hydrogen-bond donors (Lipinski definition) is 0. The Labute approximate surface area is 117 Å². The first kappa shape index (κ1) is 13.0. The van der Waals surface area contributed by atoms with Crippen molar-refractivity contribution in [1.29, 1.82) is 0 Å². The molecule has 0 unspecified atom stereocenters. The van der Waals surface area contributed by atoms with E-state index in [1.54, 1.807) is 10.9 Å². The van der Waals surface area contributed by atoms with Crippen molar-refractivity contribution in [3.05, 3.63) is 32.0 Å². The summed E-state index contributed by atoms with van der Waals surface area (Å²) in [7, 11) is -3.01. The van der Waals surface area contributed by atoms with Crippen molar-refractivity contribution in [3.8, 4) is 0 Å². The van der Waals surface area contributed by atoms with Gasteiger partial charge < -0.3 is 0 Å². The van der Waals surface area contributed by atoms with Crippen molar-refractivity contribution in [2.75, 3.05) is 6.26 Å². The van der Waals surface area contributed by atoms with Crippen molar-refractivity contribution in [2.24, 2.45) is 0 Å². The van der Waals surface area contributed by atoms with Crippen molar-refractivity contribution in [3.63, 3.8) is 0 Å². The van der Waals surface area contributed by atoms with Gasteiger partial charge in [-0.1, -0.05) is 0 Å². The van der Waals surface area contributed by atoms with E-state index in [2.05, 4.69) is 32.7 Å². The number of halogens is 1. The molecule has 5 nitrogen and oxygen atoms in total. The molecule has 0 amide bonds. The third-order valence-electron chi connectivity index (χ3n) is 1.91. The fraction of sp³-hybridized carbons (Fsp3) is 0.333. The third-order valence-corrected chi connectivity index (χ3v) is 4.35. The second-order valence-corrected chi connectivity index (χ2v) is 7.99. The summed E-state index contributed by atoms with van der Waals surface area (Å²) >= 11 is 3.56.